The van der Waals surface area contributed by atoms with Crippen molar-refractivity contribution in [1.82, 2.24) is 9.97 Å². The Balaban J connectivity index is 1.29. The Labute approximate surface area is 192 Å². The number of hydrogen-bond donors (Lipinski definition) is 2. The summed E-state index contributed by atoms with van der Waals surface area (Å²) < 4.78 is 6.17. The number of benzene rings is 2. The van der Waals surface area contributed by atoms with Gasteiger partial charge >= 0.3 is 0 Å². The summed E-state index contributed by atoms with van der Waals surface area (Å²) in [6.45, 7) is 2.03. The maximum absolute atomic E-state index is 13.0. The van der Waals surface area contributed by atoms with Crippen molar-refractivity contribution in [2.45, 2.75) is 25.7 Å². The van der Waals surface area contributed by atoms with E-state index in [1.807, 2.05) is 19.1 Å². The number of hydrogen-bond acceptors (Lipinski definition) is 7. The van der Waals surface area contributed by atoms with Crippen molar-refractivity contribution < 1.29 is 14.3 Å². The van der Waals surface area contributed by atoms with Crippen molar-refractivity contribution in [2.24, 2.45) is 0 Å². The van der Waals surface area contributed by atoms with Crippen LogP contribution in [0.3, 0.4) is 0 Å². The summed E-state index contributed by atoms with van der Waals surface area (Å²) in [6.07, 6.45) is 1.47. The van der Waals surface area contributed by atoms with Crippen LogP contribution in [0.2, 0.25) is 0 Å². The third-order valence-corrected chi connectivity index (χ3v) is 7.36. The van der Waals surface area contributed by atoms with Crippen molar-refractivity contribution in [3.05, 3.63) is 64.2 Å². The molecule has 1 atom stereocenters. The van der Waals surface area contributed by atoms with Gasteiger partial charge in [0, 0.05) is 10.4 Å². The normalized spacial score (nSPS) is 14.9. The van der Waals surface area contributed by atoms with Gasteiger partial charge in [-0.1, -0.05) is 17.4 Å². The zero-order valence-corrected chi connectivity index (χ0v) is 19.1. The minimum absolute atomic E-state index is 0.113. The van der Waals surface area contributed by atoms with Gasteiger partial charge in [0.05, 0.1) is 28.9 Å². The highest BCUT2D eigenvalue weighted by atomic mass is 32.1. The lowest BCUT2D eigenvalue weighted by Crippen LogP contribution is -2.20. The molecule has 32 heavy (non-hydrogen) atoms. The van der Waals surface area contributed by atoms with Gasteiger partial charge in [0.25, 0.3) is 5.91 Å². The zero-order chi connectivity index (χ0) is 22.2. The van der Waals surface area contributed by atoms with Gasteiger partial charge in [0.15, 0.2) is 10.3 Å². The second-order valence-corrected chi connectivity index (χ2v) is 9.70. The molecule has 0 spiro atoms. The third-order valence-electron chi connectivity index (χ3n) is 5.38. The Hall–Kier alpha value is -3.30. The van der Waals surface area contributed by atoms with Gasteiger partial charge in [-0.2, -0.15) is 0 Å². The molecular formula is C23H20N4O3S2. The number of fused-ring (bicyclic) bond motifs is 2. The number of rotatable bonds is 5. The molecule has 7 nitrogen and oxygen atoms in total. The largest absolute Gasteiger partial charge is 0.497 e. The predicted molar refractivity (Wildman–Crippen MR) is 127 cm³/mol. The number of thiazole rings is 2. The molecule has 0 bridgehead atoms. The van der Waals surface area contributed by atoms with Gasteiger partial charge in [0.1, 0.15) is 5.75 Å². The molecule has 2 aromatic carbocycles. The Morgan fingerprint density at radius 1 is 1.03 bits per heavy atom. The van der Waals surface area contributed by atoms with E-state index in [0.717, 1.165) is 32.8 Å². The average molecular weight is 465 g/mol. The second-order valence-electron chi connectivity index (χ2n) is 7.58. The van der Waals surface area contributed by atoms with Gasteiger partial charge in [-0.3, -0.25) is 14.9 Å². The third kappa shape index (κ3) is 3.96. The second kappa shape index (κ2) is 8.33. The fourth-order valence-corrected chi connectivity index (χ4v) is 5.73. The van der Waals surface area contributed by atoms with Gasteiger partial charge in [-0.25, -0.2) is 9.97 Å². The van der Waals surface area contributed by atoms with Gasteiger partial charge in [-0.05, 0) is 61.7 Å². The highest BCUT2D eigenvalue weighted by Gasteiger charge is 2.33. The first-order valence-electron chi connectivity index (χ1n) is 10.1. The Bertz CT molecular complexity index is 1330. The molecule has 2 amide bonds. The quantitative estimate of drug-likeness (QED) is 0.434. The van der Waals surface area contributed by atoms with Crippen LogP contribution < -0.4 is 15.4 Å². The smallest absolute Gasteiger partial charge is 0.257 e. The summed E-state index contributed by atoms with van der Waals surface area (Å²) in [7, 11) is 1.58. The van der Waals surface area contributed by atoms with Gasteiger partial charge < -0.3 is 10.1 Å². The first-order chi connectivity index (χ1) is 15.5. The Morgan fingerprint density at radius 2 is 1.81 bits per heavy atom. The summed E-state index contributed by atoms with van der Waals surface area (Å²) in [5, 5.41) is 6.89. The van der Waals surface area contributed by atoms with E-state index in [9.17, 15) is 9.59 Å². The highest BCUT2D eigenvalue weighted by Crippen LogP contribution is 2.39. The maximum Gasteiger partial charge on any atom is 0.257 e. The van der Waals surface area contributed by atoms with Crippen LogP contribution in [0.15, 0.2) is 42.5 Å². The number of aromatic nitrogens is 2. The van der Waals surface area contributed by atoms with E-state index >= 15 is 0 Å². The van der Waals surface area contributed by atoms with E-state index in [1.165, 1.54) is 22.7 Å². The summed E-state index contributed by atoms with van der Waals surface area (Å²) in [5.41, 5.74) is 3.29. The lowest BCUT2D eigenvalue weighted by atomic mass is 10.1. The molecule has 162 valence electrons. The molecule has 0 aliphatic heterocycles. The van der Waals surface area contributed by atoms with Crippen LogP contribution in [0.1, 0.15) is 38.8 Å². The molecule has 2 N–H and O–H groups in total. The van der Waals surface area contributed by atoms with Crippen LogP contribution in [0.25, 0.3) is 10.2 Å². The molecule has 2 aromatic heterocycles. The van der Waals surface area contributed by atoms with Crippen molar-refractivity contribution >= 4 is 55.0 Å². The molecule has 0 radical (unpaired) electrons. The van der Waals surface area contributed by atoms with Gasteiger partial charge in [-0.15, -0.1) is 11.3 Å². The summed E-state index contributed by atoms with van der Waals surface area (Å²) in [6, 6.07) is 12.9. The predicted octanol–water partition coefficient (Wildman–Crippen LogP) is 4.99. The number of ether oxygens (including phenoxy) is 1. The first kappa shape index (κ1) is 20.6. The van der Waals surface area contributed by atoms with Crippen molar-refractivity contribution in [2.75, 3.05) is 17.7 Å². The van der Waals surface area contributed by atoms with Crippen LogP contribution in [-0.4, -0.2) is 28.9 Å². The van der Waals surface area contributed by atoms with E-state index in [0.29, 0.717) is 28.0 Å². The lowest BCUT2D eigenvalue weighted by Gasteiger charge is -2.08. The number of carbonyl (C=O) groups excluding carboxylic acids is 2. The first-order valence-corrected chi connectivity index (χ1v) is 11.8. The molecule has 4 aromatic rings. The number of nitrogens with zero attached hydrogens (tertiary/aromatic N) is 2. The van der Waals surface area contributed by atoms with Crippen LogP contribution in [-0.2, 0) is 11.2 Å². The summed E-state index contributed by atoms with van der Waals surface area (Å²) in [5.74, 6) is -0.0165. The van der Waals surface area contributed by atoms with Crippen LogP contribution >= 0.6 is 22.7 Å². The van der Waals surface area contributed by atoms with Crippen molar-refractivity contribution in [1.29, 1.82) is 0 Å². The number of carbonyl (C=O) groups is 2. The molecular weight excluding hydrogens is 444 g/mol. The molecule has 1 aliphatic rings. The topological polar surface area (TPSA) is 93.2 Å². The maximum atomic E-state index is 13.0. The van der Waals surface area contributed by atoms with E-state index in [1.54, 1.807) is 31.4 Å². The van der Waals surface area contributed by atoms with Crippen molar-refractivity contribution in [3.8, 4) is 5.75 Å². The van der Waals surface area contributed by atoms with E-state index < -0.39 is 0 Å². The van der Waals surface area contributed by atoms with E-state index in [2.05, 4.69) is 26.7 Å². The number of aryl methyl sites for hydroxylation is 2. The molecule has 2 heterocycles. The highest BCUT2D eigenvalue weighted by molar-refractivity contribution is 7.22. The minimum Gasteiger partial charge on any atom is -0.497 e. The fraction of sp³-hybridized carbons (Fsp3) is 0.217. The SMILES string of the molecule is COc1ccc(C(=O)Nc2nc3c(s2)CCC3C(=O)Nc2nc3ccc(C)cc3s2)cc1. The average Bonchev–Trinajstić information content (AvgIpc) is 3.47. The monoisotopic (exact) mass is 464 g/mol. The molecule has 5 rings (SSSR count). The van der Waals surface area contributed by atoms with Crippen LogP contribution in [0.4, 0.5) is 10.3 Å². The number of amides is 2. The van der Waals surface area contributed by atoms with Crippen LogP contribution in [0, 0.1) is 6.92 Å². The molecule has 9 heteroatoms. The minimum atomic E-state index is -0.346. The molecule has 0 saturated heterocycles. The lowest BCUT2D eigenvalue weighted by molar-refractivity contribution is -0.117. The number of nitrogens with one attached hydrogen (secondary N) is 2. The molecule has 0 saturated carbocycles. The standard InChI is InChI=1S/C23H20N4O3S2/c1-12-3-9-16-18(11-12)32-22(24-16)27-21(29)15-8-10-17-19(15)25-23(31-17)26-20(28)13-4-6-14(30-2)7-5-13/h3-7,9,11,15H,8,10H2,1-2H3,(H,24,27,29)(H,25,26,28). The van der Waals surface area contributed by atoms with Crippen molar-refractivity contribution in [3.63, 3.8) is 0 Å². The molecule has 1 unspecified atom stereocenters. The number of anilines is 2. The Kier molecular flexibility index (Phi) is 5.36. The van der Waals surface area contributed by atoms with Gasteiger partial charge in [0.2, 0.25) is 5.91 Å². The fourth-order valence-electron chi connectivity index (χ4n) is 3.73. The molecule has 0 fully saturated rings. The Morgan fingerprint density at radius 3 is 2.59 bits per heavy atom. The zero-order valence-electron chi connectivity index (χ0n) is 17.5. The van der Waals surface area contributed by atoms with E-state index in [4.69, 9.17) is 4.74 Å². The number of methoxy groups -OCH3 is 1. The summed E-state index contributed by atoms with van der Waals surface area (Å²) >= 11 is 2.89. The summed E-state index contributed by atoms with van der Waals surface area (Å²) in [4.78, 5) is 35.6. The van der Waals surface area contributed by atoms with Crippen LogP contribution in [0.5, 0.6) is 5.75 Å². The van der Waals surface area contributed by atoms with E-state index in [-0.39, 0.29) is 17.7 Å². The molecule has 1 aliphatic carbocycles.